The molecule has 1 aromatic carbocycles. The molecule has 3 aromatic rings. The van der Waals surface area contributed by atoms with E-state index < -0.39 is 11.9 Å². The predicted octanol–water partition coefficient (Wildman–Crippen LogP) is 3.56. The van der Waals surface area contributed by atoms with E-state index in [0.717, 1.165) is 48.3 Å². The minimum absolute atomic E-state index is 0.0603. The summed E-state index contributed by atoms with van der Waals surface area (Å²) >= 11 is 0.791. The van der Waals surface area contributed by atoms with Gasteiger partial charge in [-0.15, -0.1) is 0 Å². The number of alkyl halides is 3. The average molecular weight is 554 g/mol. The number of aromatic nitrogens is 3. The molecule has 1 amide bonds. The summed E-state index contributed by atoms with van der Waals surface area (Å²) < 4.78 is 39.9. The number of nitrogens with zero attached hydrogens (tertiary/aromatic N) is 4. The number of piperidine rings is 1. The van der Waals surface area contributed by atoms with Crippen LogP contribution >= 0.6 is 11.8 Å². The molecule has 5 rings (SSSR count). The van der Waals surface area contributed by atoms with Crippen LogP contribution < -0.4 is 21.7 Å². The van der Waals surface area contributed by atoms with Gasteiger partial charge in [0.2, 0.25) is 0 Å². The highest BCUT2D eigenvalue weighted by Gasteiger charge is 2.46. The van der Waals surface area contributed by atoms with E-state index >= 15 is 0 Å². The number of amides is 1. The number of fused-ring (bicyclic) bond motifs is 1. The van der Waals surface area contributed by atoms with Gasteiger partial charge in [-0.05, 0) is 60.1 Å². The van der Waals surface area contributed by atoms with Gasteiger partial charge in [-0.25, -0.2) is 9.97 Å². The molecule has 5 N–H and O–H groups in total. The summed E-state index contributed by atoms with van der Waals surface area (Å²) in [5.74, 6) is 5.73. The quantitative estimate of drug-likeness (QED) is 0.421. The lowest BCUT2D eigenvalue weighted by Crippen LogP contribution is -2.44. The van der Waals surface area contributed by atoms with Crippen LogP contribution in [0.3, 0.4) is 0 Å². The van der Waals surface area contributed by atoms with Gasteiger partial charge in [-0.1, -0.05) is 23.7 Å². The molecule has 0 bridgehead atoms. The van der Waals surface area contributed by atoms with E-state index in [-0.39, 0.29) is 33.1 Å². The van der Waals surface area contributed by atoms with Gasteiger partial charge >= 0.3 is 6.18 Å². The monoisotopic (exact) mass is 553 g/mol. The van der Waals surface area contributed by atoms with E-state index in [2.05, 4.69) is 37.0 Å². The molecule has 1 spiro atoms. The first kappa shape index (κ1) is 26.8. The molecule has 0 unspecified atom stereocenters. The minimum Gasteiger partial charge on any atom is -0.381 e. The number of nitrogen functional groups attached to an aromatic ring is 1. The van der Waals surface area contributed by atoms with Gasteiger partial charge in [-0.3, -0.25) is 9.78 Å². The lowest BCUT2D eigenvalue weighted by Gasteiger charge is -2.42. The second-order valence-corrected chi connectivity index (χ2v) is 10.6. The van der Waals surface area contributed by atoms with Crippen LogP contribution in [-0.2, 0) is 17.4 Å². The van der Waals surface area contributed by atoms with Gasteiger partial charge in [0.15, 0.2) is 11.5 Å². The molecule has 1 fully saturated rings. The molecule has 1 saturated heterocycles. The van der Waals surface area contributed by atoms with Crippen molar-refractivity contribution < 1.29 is 18.0 Å². The van der Waals surface area contributed by atoms with Gasteiger partial charge in [-0.2, -0.15) is 13.2 Å². The van der Waals surface area contributed by atoms with Crippen LogP contribution in [0.4, 0.5) is 24.8 Å². The molecule has 1 aliphatic heterocycles. The Balaban J connectivity index is 1.27. The van der Waals surface area contributed by atoms with Crippen molar-refractivity contribution >= 4 is 29.3 Å². The van der Waals surface area contributed by atoms with Gasteiger partial charge < -0.3 is 21.7 Å². The van der Waals surface area contributed by atoms with Crippen LogP contribution in [0.25, 0.3) is 0 Å². The average Bonchev–Trinajstić information content (AvgIpc) is 3.18. The van der Waals surface area contributed by atoms with Gasteiger partial charge in [0.25, 0.3) is 5.91 Å². The number of carbonyl (C=O) groups is 1. The van der Waals surface area contributed by atoms with E-state index in [1.165, 1.54) is 24.7 Å². The number of benzene rings is 1. The summed E-state index contributed by atoms with van der Waals surface area (Å²) in [6, 6.07) is 8.54. The van der Waals surface area contributed by atoms with Crippen molar-refractivity contribution in [2.24, 2.45) is 11.1 Å². The van der Waals surface area contributed by atoms with Crippen molar-refractivity contribution in [1.29, 1.82) is 0 Å². The fourth-order valence-corrected chi connectivity index (χ4v) is 6.08. The van der Waals surface area contributed by atoms with E-state index in [1.807, 2.05) is 18.2 Å². The summed E-state index contributed by atoms with van der Waals surface area (Å²) in [5, 5.41) is 2.67. The highest BCUT2D eigenvalue weighted by atomic mass is 32.2. The number of hydrogen-bond donors (Lipinski definition) is 3. The summed E-state index contributed by atoms with van der Waals surface area (Å²) in [4.78, 5) is 25.7. The molecule has 2 aromatic heterocycles. The Labute approximate surface area is 227 Å². The second kappa shape index (κ2) is 10.4. The lowest BCUT2D eigenvalue weighted by molar-refractivity contribution is -0.143. The normalized spacial score (nSPS) is 17.9. The summed E-state index contributed by atoms with van der Waals surface area (Å²) in [7, 11) is 1.54. The maximum atomic E-state index is 13.3. The van der Waals surface area contributed by atoms with Crippen molar-refractivity contribution in [2.75, 3.05) is 30.8 Å². The van der Waals surface area contributed by atoms with E-state index in [1.54, 1.807) is 6.20 Å². The van der Waals surface area contributed by atoms with Crippen molar-refractivity contribution in [1.82, 2.24) is 20.3 Å². The zero-order valence-corrected chi connectivity index (χ0v) is 21.9. The Kier molecular flexibility index (Phi) is 7.13. The number of nitrogens with two attached hydrogens (primary N) is 2. The third kappa shape index (κ3) is 5.37. The summed E-state index contributed by atoms with van der Waals surface area (Å²) in [6.45, 7) is 1.37. The molecule has 2 aliphatic rings. The Hall–Kier alpha value is -3.82. The third-order valence-electron chi connectivity index (χ3n) is 7.31. The molecule has 1 aliphatic carbocycles. The van der Waals surface area contributed by atoms with Crippen LogP contribution in [0.1, 0.15) is 41.3 Å². The van der Waals surface area contributed by atoms with Gasteiger partial charge in [0.05, 0.1) is 6.20 Å². The number of pyridine rings is 1. The smallest absolute Gasteiger partial charge is 0.381 e. The zero-order chi connectivity index (χ0) is 27.8. The van der Waals surface area contributed by atoms with E-state index in [0.29, 0.717) is 18.9 Å². The molecule has 1 atom stereocenters. The van der Waals surface area contributed by atoms with E-state index in [4.69, 9.17) is 11.5 Å². The number of carbonyl (C=O) groups excluding carboxylic acids is 1. The Morgan fingerprint density at radius 3 is 2.69 bits per heavy atom. The highest BCUT2D eigenvalue weighted by molar-refractivity contribution is 7.99. The number of rotatable bonds is 3. The molecule has 8 nitrogen and oxygen atoms in total. The topological polar surface area (TPSA) is 123 Å². The standard InChI is InChI=1S/C27H26F3N7OS/c1-33-21(38)7-5-16-4-6-17-14-26(22(31)18(17)13-16)8-11-37(12-9-26)20-15-35-25(24(32)36-20)39-19-3-2-10-34-23(19)27(28,29)30/h2-4,6,10,13,15,22H,8-9,11-12,14,31H2,1H3,(H2,32,36)(H,33,38)/t22-/m1/s1. The van der Waals surface area contributed by atoms with Gasteiger partial charge in [0.1, 0.15) is 10.8 Å². The number of nitrogens with one attached hydrogen (secondary N) is 1. The Morgan fingerprint density at radius 1 is 1.23 bits per heavy atom. The molecule has 3 heterocycles. The zero-order valence-electron chi connectivity index (χ0n) is 21.0. The molecule has 12 heteroatoms. The number of hydrogen-bond acceptors (Lipinski definition) is 8. The Bertz CT molecular complexity index is 1480. The fraction of sp³-hybridized carbons (Fsp3) is 0.333. The van der Waals surface area contributed by atoms with Crippen LogP contribution in [0.15, 0.2) is 52.6 Å². The molecule has 39 heavy (non-hydrogen) atoms. The number of halogens is 3. The van der Waals surface area contributed by atoms with Crippen molar-refractivity contribution in [3.8, 4) is 11.8 Å². The summed E-state index contributed by atoms with van der Waals surface area (Å²) in [6.07, 6.45) is 0.563. The third-order valence-corrected chi connectivity index (χ3v) is 8.37. The minimum atomic E-state index is -4.59. The molecule has 0 radical (unpaired) electrons. The van der Waals surface area contributed by atoms with E-state index in [9.17, 15) is 18.0 Å². The largest absolute Gasteiger partial charge is 0.434 e. The van der Waals surface area contributed by atoms with Crippen LogP contribution in [0, 0.1) is 17.3 Å². The number of anilines is 2. The first-order valence-corrected chi connectivity index (χ1v) is 13.1. The molecular weight excluding hydrogens is 527 g/mol. The van der Waals surface area contributed by atoms with Crippen LogP contribution in [0.2, 0.25) is 0 Å². The fourth-order valence-electron chi connectivity index (χ4n) is 5.21. The van der Waals surface area contributed by atoms with Crippen molar-refractivity contribution in [3.63, 3.8) is 0 Å². The molecular formula is C27H26F3N7OS. The van der Waals surface area contributed by atoms with Gasteiger partial charge in [0, 0.05) is 48.8 Å². The van der Waals surface area contributed by atoms with Crippen LogP contribution in [0.5, 0.6) is 0 Å². The molecule has 0 saturated carbocycles. The van der Waals surface area contributed by atoms with Crippen molar-refractivity contribution in [3.05, 3.63) is 65.1 Å². The Morgan fingerprint density at radius 2 is 2.00 bits per heavy atom. The first-order valence-electron chi connectivity index (χ1n) is 12.3. The van der Waals surface area contributed by atoms with Crippen LogP contribution in [-0.4, -0.2) is 41.0 Å². The second-order valence-electron chi connectivity index (χ2n) is 9.62. The lowest BCUT2D eigenvalue weighted by atomic mass is 9.73. The molecule has 202 valence electrons. The summed E-state index contributed by atoms with van der Waals surface area (Å²) in [5.41, 5.74) is 14.8. The highest BCUT2D eigenvalue weighted by Crippen LogP contribution is 2.51. The predicted molar refractivity (Wildman–Crippen MR) is 142 cm³/mol. The SMILES string of the molecule is CNC(=O)C#Cc1ccc2c(c1)[C@@H](N)C1(CCN(c3cnc(Sc4cccnc4C(F)(F)F)c(N)n3)CC1)C2. The first-order chi connectivity index (χ1) is 18.6. The van der Waals surface area contributed by atoms with Crippen molar-refractivity contribution in [2.45, 2.75) is 41.4 Å². The maximum Gasteiger partial charge on any atom is 0.434 e. The maximum absolute atomic E-state index is 13.3.